The van der Waals surface area contributed by atoms with E-state index in [-0.39, 0.29) is 24.3 Å². The lowest BCUT2D eigenvalue weighted by Gasteiger charge is -2.36. The van der Waals surface area contributed by atoms with Gasteiger partial charge in [-0.1, -0.05) is 70.0 Å². The summed E-state index contributed by atoms with van der Waals surface area (Å²) in [6, 6.07) is 11.0. The molecule has 0 bridgehead atoms. The molecule has 1 atom stereocenters. The van der Waals surface area contributed by atoms with Crippen LogP contribution in [0.1, 0.15) is 57.2 Å². The molecule has 1 heterocycles. The largest absolute Gasteiger partial charge is 0.436 e. The van der Waals surface area contributed by atoms with Crippen molar-refractivity contribution in [2.75, 3.05) is 12.5 Å². The van der Waals surface area contributed by atoms with Crippen molar-refractivity contribution in [3.63, 3.8) is 0 Å². The molecule has 0 fully saturated rings. The third-order valence-corrected chi connectivity index (χ3v) is 5.57. The Hall–Kier alpha value is -3.57. The number of hydrogen-bond acceptors (Lipinski definition) is 3. The molecule has 1 aliphatic rings. The Labute approximate surface area is 239 Å². The fourth-order valence-electron chi connectivity index (χ4n) is 3.81. The van der Waals surface area contributed by atoms with Crippen molar-refractivity contribution >= 4 is 23.4 Å². The first-order valence-corrected chi connectivity index (χ1v) is 13.4. The van der Waals surface area contributed by atoms with Gasteiger partial charge in [0.1, 0.15) is 11.4 Å². The lowest BCUT2D eigenvalue weighted by Crippen LogP contribution is -2.53. The first kappa shape index (κ1) is 34.5. The van der Waals surface area contributed by atoms with Crippen LogP contribution in [0.2, 0.25) is 0 Å². The van der Waals surface area contributed by atoms with Crippen molar-refractivity contribution in [3.05, 3.63) is 95.0 Å². The number of halogens is 5. The van der Waals surface area contributed by atoms with Crippen LogP contribution >= 0.6 is 11.6 Å². The Balaban J connectivity index is 0.00000150. The van der Waals surface area contributed by atoms with Gasteiger partial charge in [0.2, 0.25) is 0 Å². The fraction of sp³-hybridized carbons (Fsp3) is 0.355. The van der Waals surface area contributed by atoms with E-state index in [9.17, 15) is 22.4 Å². The van der Waals surface area contributed by atoms with Gasteiger partial charge in [-0.05, 0) is 53.8 Å². The number of benzene rings is 2. The first-order valence-electron chi connectivity index (χ1n) is 12.9. The second kappa shape index (κ2) is 17.2. The van der Waals surface area contributed by atoms with E-state index >= 15 is 0 Å². The fourth-order valence-corrected chi connectivity index (χ4v) is 3.81. The second-order valence-electron chi connectivity index (χ2n) is 8.23. The Kier molecular flexibility index (Phi) is 14.8. The number of terminal acetylenes is 1. The van der Waals surface area contributed by atoms with Gasteiger partial charge >= 0.3 is 12.3 Å². The molecule has 1 N–H and O–H groups in total. The van der Waals surface area contributed by atoms with Gasteiger partial charge in [0.15, 0.2) is 6.61 Å². The number of alkyl halides is 4. The number of rotatable bonds is 7. The van der Waals surface area contributed by atoms with E-state index in [4.69, 9.17) is 22.8 Å². The number of alkyl carbamates (subject to hydrolysis) is 1. The monoisotopic (exact) mass is 578 g/mol. The van der Waals surface area contributed by atoms with Gasteiger partial charge in [0.25, 0.3) is 0 Å². The Morgan fingerprint density at radius 3 is 2.33 bits per heavy atom. The standard InChI is InChI=1S/C27H24F4N2O2.C2H5Cl.C2H6/c1-3-13-35-25(34)33-26(17-20-9-6-5-7-10-20,24-12-8-11-19(4-2)18-32-24)21-14-22(27(29,30)31)16-23(28)15-21;1-2-3;1-2/h1,5-10,12,14-16,18H,4,11,13,17H2,2H3,(H,33,34);2H2,1H3;1-2H3/t26-;;/m1../s1. The van der Waals surface area contributed by atoms with Crippen LogP contribution in [0.4, 0.5) is 22.4 Å². The topological polar surface area (TPSA) is 50.7 Å². The highest BCUT2D eigenvalue weighted by Crippen LogP contribution is 2.36. The van der Waals surface area contributed by atoms with E-state index in [1.165, 1.54) is 0 Å². The van der Waals surface area contributed by atoms with Crippen LogP contribution in [-0.2, 0) is 22.9 Å². The van der Waals surface area contributed by atoms with Crippen molar-refractivity contribution in [2.45, 2.75) is 58.7 Å². The number of carbonyl (C=O) groups is 1. The molecule has 3 rings (SSSR count). The predicted molar refractivity (Wildman–Crippen MR) is 154 cm³/mol. The molecule has 216 valence electrons. The van der Waals surface area contributed by atoms with Crippen molar-refractivity contribution < 1.29 is 27.1 Å². The van der Waals surface area contributed by atoms with Crippen LogP contribution in [-0.4, -0.2) is 24.3 Å². The maximum absolute atomic E-state index is 14.6. The zero-order chi connectivity index (χ0) is 30.2. The molecule has 1 aliphatic heterocycles. The van der Waals surface area contributed by atoms with Crippen LogP contribution in [0.5, 0.6) is 0 Å². The summed E-state index contributed by atoms with van der Waals surface area (Å²) in [6.45, 7) is 7.49. The number of ether oxygens (including phenoxy) is 1. The number of aliphatic imine (C=N–C) groups is 1. The van der Waals surface area contributed by atoms with E-state index < -0.39 is 29.2 Å². The molecule has 9 heteroatoms. The number of carbonyl (C=O) groups excluding carboxylic acids is 1. The number of hydrogen-bond donors (Lipinski definition) is 1. The van der Waals surface area contributed by atoms with Crippen LogP contribution in [0.15, 0.2) is 77.4 Å². The van der Waals surface area contributed by atoms with Crippen molar-refractivity contribution in [2.24, 2.45) is 4.99 Å². The summed E-state index contributed by atoms with van der Waals surface area (Å²) in [7, 11) is 0. The molecule has 0 radical (unpaired) electrons. The zero-order valence-electron chi connectivity index (χ0n) is 23.1. The summed E-state index contributed by atoms with van der Waals surface area (Å²) in [4.78, 5) is 17.3. The first-order chi connectivity index (χ1) is 19.1. The van der Waals surface area contributed by atoms with Gasteiger partial charge in [-0.2, -0.15) is 13.2 Å². The number of nitrogens with one attached hydrogen (secondary N) is 1. The lowest BCUT2D eigenvalue weighted by molar-refractivity contribution is -0.137. The minimum absolute atomic E-state index is 0.0295. The van der Waals surface area contributed by atoms with Gasteiger partial charge in [0.05, 0.1) is 11.3 Å². The second-order valence-corrected chi connectivity index (χ2v) is 8.76. The van der Waals surface area contributed by atoms with Crippen molar-refractivity contribution in [1.82, 2.24) is 5.32 Å². The van der Waals surface area contributed by atoms with Crippen LogP contribution in [0, 0.1) is 18.2 Å². The molecular weight excluding hydrogens is 544 g/mol. The van der Waals surface area contributed by atoms with Crippen LogP contribution < -0.4 is 5.32 Å². The SMILES string of the molecule is C#CCOC(=O)N[C@@](Cc1ccccc1)(C1=NC=C(CC)CC=C1)c1cc(F)cc(C(F)(F)F)c1.CC.CCCl. The Bertz CT molecular complexity index is 1220. The highest BCUT2D eigenvalue weighted by atomic mass is 35.5. The summed E-state index contributed by atoms with van der Waals surface area (Å²) in [5.74, 6) is 1.79. The highest BCUT2D eigenvalue weighted by Gasteiger charge is 2.42. The number of amides is 1. The smallest absolute Gasteiger partial charge is 0.416 e. The van der Waals surface area contributed by atoms with Gasteiger partial charge in [0, 0.05) is 18.5 Å². The summed E-state index contributed by atoms with van der Waals surface area (Å²) in [6.07, 6.45) is 5.70. The molecule has 0 unspecified atom stereocenters. The molecule has 0 spiro atoms. The Morgan fingerprint density at radius 1 is 1.12 bits per heavy atom. The summed E-state index contributed by atoms with van der Waals surface area (Å²) < 4.78 is 60.5. The van der Waals surface area contributed by atoms with E-state index in [0.717, 1.165) is 23.6 Å². The Morgan fingerprint density at radius 2 is 1.75 bits per heavy atom. The quantitative estimate of drug-likeness (QED) is 0.203. The van der Waals surface area contributed by atoms with Crippen LogP contribution in [0.3, 0.4) is 0 Å². The van der Waals surface area contributed by atoms with Gasteiger partial charge in [-0.3, -0.25) is 4.99 Å². The number of allylic oxidation sites excluding steroid dienone is 2. The van der Waals surface area contributed by atoms with Gasteiger partial charge < -0.3 is 10.1 Å². The number of nitrogens with zero attached hydrogens (tertiary/aromatic N) is 1. The molecule has 1 amide bonds. The average Bonchev–Trinajstić information content (AvgIpc) is 3.19. The van der Waals surface area contributed by atoms with E-state index in [2.05, 4.69) is 16.2 Å². The minimum Gasteiger partial charge on any atom is -0.436 e. The molecule has 0 aliphatic carbocycles. The summed E-state index contributed by atoms with van der Waals surface area (Å²) in [5, 5.41) is 2.66. The van der Waals surface area contributed by atoms with E-state index in [1.807, 2.05) is 27.7 Å². The summed E-state index contributed by atoms with van der Waals surface area (Å²) in [5.41, 5.74) is -1.15. The normalized spacial score (nSPS) is 13.9. The van der Waals surface area contributed by atoms with E-state index in [1.54, 1.807) is 48.7 Å². The molecule has 2 aromatic rings. The van der Waals surface area contributed by atoms with Gasteiger partial charge in [-0.15, -0.1) is 18.0 Å². The highest BCUT2D eigenvalue weighted by molar-refractivity contribution is 6.17. The molecular formula is C31H35ClF4N2O2. The maximum Gasteiger partial charge on any atom is 0.416 e. The molecule has 4 nitrogen and oxygen atoms in total. The molecule has 40 heavy (non-hydrogen) atoms. The summed E-state index contributed by atoms with van der Waals surface area (Å²) >= 11 is 5.00. The molecule has 0 saturated carbocycles. The maximum atomic E-state index is 14.6. The average molecular weight is 579 g/mol. The van der Waals surface area contributed by atoms with Crippen molar-refractivity contribution in [3.8, 4) is 12.3 Å². The minimum atomic E-state index is -4.81. The molecule has 0 aromatic heterocycles. The van der Waals surface area contributed by atoms with Crippen LogP contribution in [0.25, 0.3) is 0 Å². The third-order valence-electron chi connectivity index (χ3n) is 5.57. The zero-order valence-corrected chi connectivity index (χ0v) is 23.9. The van der Waals surface area contributed by atoms with Gasteiger partial charge in [-0.25, -0.2) is 9.18 Å². The molecule has 2 aromatic carbocycles. The molecule has 0 saturated heterocycles. The predicted octanol–water partition coefficient (Wildman–Crippen LogP) is 8.61. The lowest BCUT2D eigenvalue weighted by atomic mass is 9.78. The van der Waals surface area contributed by atoms with E-state index in [0.29, 0.717) is 24.5 Å². The third kappa shape index (κ3) is 10.2. The van der Waals surface area contributed by atoms with Crippen molar-refractivity contribution in [1.29, 1.82) is 0 Å².